The highest BCUT2D eigenvalue weighted by Gasteiger charge is 2.03. The molecule has 0 unspecified atom stereocenters. The van der Waals surface area contributed by atoms with Gasteiger partial charge in [0.1, 0.15) is 0 Å². The lowest BCUT2D eigenvalue weighted by Gasteiger charge is -2.05. The molecular formula is C16H14N2O. The maximum Gasteiger partial charge on any atom is 0.271 e. The van der Waals surface area contributed by atoms with Crippen molar-refractivity contribution >= 4 is 0 Å². The van der Waals surface area contributed by atoms with Crippen LogP contribution in [0.2, 0.25) is 0 Å². The van der Waals surface area contributed by atoms with E-state index in [-0.39, 0.29) is 5.56 Å². The van der Waals surface area contributed by atoms with Gasteiger partial charge in [-0.25, -0.2) is 4.68 Å². The maximum atomic E-state index is 11.7. The molecule has 3 aromatic rings. The number of H-pyrrole nitrogens is 1. The Kier molecular flexibility index (Phi) is 2.80. The monoisotopic (exact) mass is 250 g/mol. The topological polar surface area (TPSA) is 37.8 Å². The molecule has 0 aliphatic heterocycles. The van der Waals surface area contributed by atoms with E-state index in [9.17, 15) is 4.79 Å². The molecule has 0 saturated carbocycles. The zero-order valence-corrected chi connectivity index (χ0v) is 10.6. The third-order valence-electron chi connectivity index (χ3n) is 3.08. The maximum absolute atomic E-state index is 11.7. The van der Waals surface area contributed by atoms with Gasteiger partial charge in [-0.1, -0.05) is 42.5 Å². The first kappa shape index (κ1) is 11.5. The first-order valence-electron chi connectivity index (χ1n) is 6.18. The van der Waals surface area contributed by atoms with E-state index < -0.39 is 0 Å². The van der Waals surface area contributed by atoms with E-state index in [1.165, 1.54) is 5.56 Å². The Bertz CT molecular complexity index is 736. The molecule has 2 aromatic carbocycles. The van der Waals surface area contributed by atoms with Gasteiger partial charge in [0.2, 0.25) is 0 Å². The second-order valence-corrected chi connectivity index (χ2v) is 4.53. The van der Waals surface area contributed by atoms with Crippen molar-refractivity contribution in [3.63, 3.8) is 0 Å². The zero-order chi connectivity index (χ0) is 13.2. The Morgan fingerprint density at radius 3 is 2.11 bits per heavy atom. The quantitative estimate of drug-likeness (QED) is 0.745. The molecule has 0 aliphatic rings. The van der Waals surface area contributed by atoms with Crippen LogP contribution in [0, 0.1) is 6.92 Å². The SMILES string of the molecule is Cc1cc(=O)n(-c2ccc(-c3ccccc3)cc2)[nH]1. The normalized spacial score (nSPS) is 10.6. The average molecular weight is 250 g/mol. The zero-order valence-electron chi connectivity index (χ0n) is 10.6. The van der Waals surface area contributed by atoms with Gasteiger partial charge in [-0.05, 0) is 30.2 Å². The van der Waals surface area contributed by atoms with E-state index >= 15 is 0 Å². The molecule has 0 amide bonds. The Hall–Kier alpha value is -2.55. The third kappa shape index (κ3) is 2.22. The molecule has 1 aromatic heterocycles. The predicted octanol–water partition coefficient (Wildman–Crippen LogP) is 3.14. The van der Waals surface area contributed by atoms with Crippen LogP contribution in [0.25, 0.3) is 16.8 Å². The fourth-order valence-corrected chi connectivity index (χ4v) is 2.14. The van der Waals surface area contributed by atoms with E-state index in [1.54, 1.807) is 10.7 Å². The van der Waals surface area contributed by atoms with Crippen molar-refractivity contribution in [1.29, 1.82) is 0 Å². The van der Waals surface area contributed by atoms with Gasteiger partial charge in [0.15, 0.2) is 0 Å². The van der Waals surface area contributed by atoms with Gasteiger partial charge in [0, 0.05) is 11.8 Å². The highest BCUT2D eigenvalue weighted by molar-refractivity contribution is 5.64. The molecule has 1 N–H and O–H groups in total. The van der Waals surface area contributed by atoms with Crippen LogP contribution in [-0.2, 0) is 0 Å². The number of aryl methyl sites for hydroxylation is 1. The number of rotatable bonds is 2. The third-order valence-corrected chi connectivity index (χ3v) is 3.08. The molecule has 3 nitrogen and oxygen atoms in total. The molecule has 0 atom stereocenters. The van der Waals surface area contributed by atoms with Crippen molar-refractivity contribution in [1.82, 2.24) is 9.78 Å². The largest absolute Gasteiger partial charge is 0.295 e. The molecular weight excluding hydrogens is 236 g/mol. The molecule has 0 aliphatic carbocycles. The van der Waals surface area contributed by atoms with Crippen LogP contribution < -0.4 is 5.56 Å². The highest BCUT2D eigenvalue weighted by Crippen LogP contribution is 2.19. The van der Waals surface area contributed by atoms with Gasteiger partial charge in [-0.15, -0.1) is 0 Å². The number of nitrogens with zero attached hydrogens (tertiary/aromatic N) is 1. The van der Waals surface area contributed by atoms with Crippen molar-refractivity contribution in [2.45, 2.75) is 6.92 Å². The smallest absolute Gasteiger partial charge is 0.271 e. The van der Waals surface area contributed by atoms with Crippen LogP contribution in [0.1, 0.15) is 5.69 Å². The standard InChI is InChI=1S/C16H14N2O/c1-12-11-16(19)18(17-12)15-9-7-14(8-10-15)13-5-3-2-4-6-13/h2-11,17H,1H3. The van der Waals surface area contributed by atoms with Crippen LogP contribution in [0.3, 0.4) is 0 Å². The van der Waals surface area contributed by atoms with E-state index in [0.717, 1.165) is 16.9 Å². The second-order valence-electron chi connectivity index (χ2n) is 4.53. The van der Waals surface area contributed by atoms with Crippen molar-refractivity contribution in [2.24, 2.45) is 0 Å². The number of hydrogen-bond acceptors (Lipinski definition) is 1. The first-order valence-corrected chi connectivity index (χ1v) is 6.18. The fraction of sp³-hybridized carbons (Fsp3) is 0.0625. The summed E-state index contributed by atoms with van der Waals surface area (Å²) in [6.07, 6.45) is 0. The lowest BCUT2D eigenvalue weighted by atomic mass is 10.1. The molecule has 0 fully saturated rings. The average Bonchev–Trinajstić information content (AvgIpc) is 2.79. The minimum atomic E-state index is -0.0371. The number of nitrogens with one attached hydrogen (secondary N) is 1. The molecule has 94 valence electrons. The van der Waals surface area contributed by atoms with Gasteiger partial charge in [-0.2, -0.15) is 0 Å². The Morgan fingerprint density at radius 1 is 0.895 bits per heavy atom. The molecule has 1 heterocycles. The summed E-state index contributed by atoms with van der Waals surface area (Å²) in [5, 5.41) is 3.02. The van der Waals surface area contributed by atoms with Gasteiger partial charge in [0.25, 0.3) is 5.56 Å². The molecule has 3 rings (SSSR count). The van der Waals surface area contributed by atoms with E-state index in [1.807, 2.05) is 49.4 Å². The van der Waals surface area contributed by atoms with Gasteiger partial charge < -0.3 is 0 Å². The van der Waals surface area contributed by atoms with Crippen molar-refractivity contribution in [3.05, 3.63) is 76.7 Å². The van der Waals surface area contributed by atoms with Crippen molar-refractivity contribution < 1.29 is 0 Å². The van der Waals surface area contributed by atoms with Gasteiger partial charge in [-0.3, -0.25) is 9.89 Å². The number of hydrogen-bond donors (Lipinski definition) is 1. The lowest BCUT2D eigenvalue weighted by Crippen LogP contribution is -2.13. The van der Waals surface area contributed by atoms with Crippen LogP contribution >= 0.6 is 0 Å². The molecule has 19 heavy (non-hydrogen) atoms. The number of aromatic amines is 1. The molecule has 0 bridgehead atoms. The van der Waals surface area contributed by atoms with Gasteiger partial charge in [0.05, 0.1) is 5.69 Å². The van der Waals surface area contributed by atoms with E-state index in [2.05, 4.69) is 17.2 Å². The molecule has 0 spiro atoms. The second kappa shape index (κ2) is 4.61. The van der Waals surface area contributed by atoms with Crippen LogP contribution in [0.5, 0.6) is 0 Å². The van der Waals surface area contributed by atoms with Crippen LogP contribution in [0.4, 0.5) is 0 Å². The summed E-state index contributed by atoms with van der Waals surface area (Å²) in [6.45, 7) is 1.87. The molecule has 0 radical (unpaired) electrons. The summed E-state index contributed by atoms with van der Waals surface area (Å²) in [6, 6.07) is 19.7. The van der Waals surface area contributed by atoms with E-state index in [4.69, 9.17) is 0 Å². The highest BCUT2D eigenvalue weighted by atomic mass is 16.1. The Labute approximate surface area is 111 Å². The van der Waals surface area contributed by atoms with Crippen LogP contribution in [-0.4, -0.2) is 9.78 Å². The van der Waals surface area contributed by atoms with Crippen molar-refractivity contribution in [3.8, 4) is 16.8 Å². The van der Waals surface area contributed by atoms with E-state index in [0.29, 0.717) is 0 Å². The summed E-state index contributed by atoms with van der Waals surface area (Å²) < 4.78 is 1.55. The Morgan fingerprint density at radius 2 is 1.53 bits per heavy atom. The number of benzene rings is 2. The summed E-state index contributed by atoms with van der Waals surface area (Å²) in [5.41, 5.74) is 3.98. The Balaban J connectivity index is 2.00. The lowest BCUT2D eigenvalue weighted by molar-refractivity contribution is 0.835. The minimum Gasteiger partial charge on any atom is -0.295 e. The summed E-state index contributed by atoms with van der Waals surface area (Å²) >= 11 is 0. The predicted molar refractivity (Wildman–Crippen MR) is 76.6 cm³/mol. The van der Waals surface area contributed by atoms with Crippen LogP contribution in [0.15, 0.2) is 65.5 Å². The van der Waals surface area contributed by atoms with Gasteiger partial charge >= 0.3 is 0 Å². The van der Waals surface area contributed by atoms with Crippen molar-refractivity contribution in [2.75, 3.05) is 0 Å². The summed E-state index contributed by atoms with van der Waals surface area (Å²) in [4.78, 5) is 11.7. The minimum absolute atomic E-state index is 0.0371. The number of aromatic nitrogens is 2. The molecule has 3 heteroatoms. The summed E-state index contributed by atoms with van der Waals surface area (Å²) in [7, 11) is 0. The first-order chi connectivity index (χ1) is 9.24. The summed E-state index contributed by atoms with van der Waals surface area (Å²) in [5.74, 6) is 0. The molecule has 0 saturated heterocycles. The fourth-order valence-electron chi connectivity index (χ4n) is 2.14.